The highest BCUT2D eigenvalue weighted by Gasteiger charge is 2.07. The molecule has 2 amide bonds. The number of Topliss-reactive ketones (excluding diaryl/α,β-unsaturated/α-hetero) is 1. The number of amides is 2. The summed E-state index contributed by atoms with van der Waals surface area (Å²) in [6.45, 7) is 1.66. The van der Waals surface area contributed by atoms with Crippen molar-refractivity contribution >= 4 is 23.2 Å². The third-order valence-corrected chi connectivity index (χ3v) is 2.08. The van der Waals surface area contributed by atoms with Crippen LogP contribution in [0.2, 0.25) is 0 Å². The van der Waals surface area contributed by atoms with E-state index in [0.717, 1.165) is 0 Å². The Labute approximate surface area is 103 Å². The molecule has 0 saturated carbocycles. The molecular weight excluding hydrogens is 238 g/mol. The van der Waals surface area contributed by atoms with E-state index >= 15 is 0 Å². The molecule has 0 saturated heterocycles. The normalized spacial score (nSPS) is 9.61. The Kier molecular flexibility index (Phi) is 4.79. The number of anilines is 1. The molecule has 0 spiro atoms. The smallest absolute Gasteiger partial charge is 0.319 e. The monoisotopic (exact) mass is 251 g/mol. The summed E-state index contributed by atoms with van der Waals surface area (Å²) >= 11 is 0. The van der Waals surface area contributed by atoms with Crippen molar-refractivity contribution in [1.82, 2.24) is 5.32 Å². The molecule has 18 heavy (non-hydrogen) atoms. The van der Waals surface area contributed by atoms with Crippen LogP contribution in [0.15, 0.2) is 24.3 Å². The highest BCUT2D eigenvalue weighted by molar-refractivity contribution is 5.89. The molecular formula is C11H13N3O4. The second-order valence-electron chi connectivity index (χ2n) is 3.64. The average molecular weight is 251 g/mol. The molecule has 0 aromatic heterocycles. The van der Waals surface area contributed by atoms with Gasteiger partial charge in [-0.1, -0.05) is 6.07 Å². The summed E-state index contributed by atoms with van der Waals surface area (Å²) in [6.07, 6.45) is 0.252. The van der Waals surface area contributed by atoms with Crippen LogP contribution in [0.25, 0.3) is 0 Å². The summed E-state index contributed by atoms with van der Waals surface area (Å²) in [5, 5.41) is 15.4. The molecule has 0 heterocycles. The molecule has 0 aliphatic heterocycles. The van der Waals surface area contributed by atoms with E-state index < -0.39 is 11.0 Å². The van der Waals surface area contributed by atoms with Crippen LogP contribution in [0.4, 0.5) is 16.2 Å². The zero-order valence-corrected chi connectivity index (χ0v) is 9.80. The fraction of sp³-hybridized carbons (Fsp3) is 0.273. The van der Waals surface area contributed by atoms with E-state index in [1.165, 1.54) is 31.2 Å². The lowest BCUT2D eigenvalue weighted by Crippen LogP contribution is -2.30. The molecule has 7 heteroatoms. The molecule has 0 fully saturated rings. The zero-order chi connectivity index (χ0) is 13.5. The Hall–Kier alpha value is -2.44. The lowest BCUT2D eigenvalue weighted by molar-refractivity contribution is -0.384. The van der Waals surface area contributed by atoms with Crippen LogP contribution in [0, 0.1) is 10.1 Å². The minimum atomic E-state index is -0.543. The standard InChI is InChI=1S/C11H13N3O4/c1-8(15)5-6-12-11(16)13-9-3-2-4-10(7-9)14(17)18/h2-4,7H,5-6H2,1H3,(H2,12,13,16). The highest BCUT2D eigenvalue weighted by Crippen LogP contribution is 2.16. The van der Waals surface area contributed by atoms with Gasteiger partial charge in [0.05, 0.1) is 4.92 Å². The Morgan fingerprint density at radius 3 is 2.72 bits per heavy atom. The van der Waals surface area contributed by atoms with Gasteiger partial charge in [0, 0.05) is 30.8 Å². The number of carbonyl (C=O) groups excluding carboxylic acids is 2. The number of urea groups is 1. The van der Waals surface area contributed by atoms with E-state index in [-0.39, 0.29) is 24.4 Å². The summed E-state index contributed by atoms with van der Waals surface area (Å²) < 4.78 is 0. The summed E-state index contributed by atoms with van der Waals surface area (Å²) in [4.78, 5) is 32.0. The van der Waals surface area contributed by atoms with Crippen LogP contribution in [0.5, 0.6) is 0 Å². The lowest BCUT2D eigenvalue weighted by Gasteiger charge is -2.06. The van der Waals surface area contributed by atoms with Crippen molar-refractivity contribution in [3.05, 3.63) is 34.4 Å². The largest absolute Gasteiger partial charge is 0.337 e. The van der Waals surface area contributed by atoms with E-state index in [4.69, 9.17) is 0 Å². The summed E-state index contributed by atoms with van der Waals surface area (Å²) in [6, 6.07) is 5.10. The maximum Gasteiger partial charge on any atom is 0.319 e. The number of nitrogens with zero attached hydrogens (tertiary/aromatic N) is 1. The SMILES string of the molecule is CC(=O)CCNC(=O)Nc1cccc([N+](=O)[O-])c1. The van der Waals surface area contributed by atoms with Crippen molar-refractivity contribution in [3.8, 4) is 0 Å². The maximum absolute atomic E-state index is 11.4. The second-order valence-corrected chi connectivity index (χ2v) is 3.64. The molecule has 0 aliphatic rings. The van der Waals surface area contributed by atoms with Crippen LogP contribution in [-0.2, 0) is 4.79 Å². The first kappa shape index (κ1) is 13.6. The fourth-order valence-corrected chi connectivity index (χ4v) is 1.22. The van der Waals surface area contributed by atoms with Crippen LogP contribution in [0.1, 0.15) is 13.3 Å². The number of hydrogen-bond donors (Lipinski definition) is 2. The Bertz CT molecular complexity index is 473. The first-order valence-corrected chi connectivity index (χ1v) is 5.28. The number of nitro groups is 1. The van der Waals surface area contributed by atoms with Crippen molar-refractivity contribution < 1.29 is 14.5 Å². The molecule has 0 bridgehead atoms. The Morgan fingerprint density at radius 2 is 2.11 bits per heavy atom. The molecule has 2 N–H and O–H groups in total. The van der Waals surface area contributed by atoms with Gasteiger partial charge < -0.3 is 10.6 Å². The van der Waals surface area contributed by atoms with Crippen LogP contribution in [-0.4, -0.2) is 23.3 Å². The molecule has 96 valence electrons. The van der Waals surface area contributed by atoms with Crippen molar-refractivity contribution in [2.75, 3.05) is 11.9 Å². The van der Waals surface area contributed by atoms with Gasteiger partial charge in [-0.15, -0.1) is 0 Å². The van der Waals surface area contributed by atoms with Gasteiger partial charge in [0.1, 0.15) is 5.78 Å². The highest BCUT2D eigenvalue weighted by atomic mass is 16.6. The van der Waals surface area contributed by atoms with Gasteiger partial charge in [0.25, 0.3) is 5.69 Å². The van der Waals surface area contributed by atoms with Gasteiger partial charge in [0.15, 0.2) is 0 Å². The molecule has 0 unspecified atom stereocenters. The van der Waals surface area contributed by atoms with E-state index in [1.54, 1.807) is 0 Å². The fourth-order valence-electron chi connectivity index (χ4n) is 1.22. The number of non-ortho nitro benzene ring substituents is 1. The molecule has 1 aromatic rings. The molecule has 1 rings (SSSR count). The van der Waals surface area contributed by atoms with Crippen molar-refractivity contribution in [3.63, 3.8) is 0 Å². The van der Waals surface area contributed by atoms with Crippen LogP contribution < -0.4 is 10.6 Å². The third-order valence-electron chi connectivity index (χ3n) is 2.08. The molecule has 0 radical (unpaired) electrons. The molecule has 0 atom stereocenters. The van der Waals surface area contributed by atoms with Gasteiger partial charge in [0.2, 0.25) is 0 Å². The molecule has 1 aromatic carbocycles. The first-order valence-electron chi connectivity index (χ1n) is 5.28. The first-order chi connectivity index (χ1) is 8.49. The maximum atomic E-state index is 11.4. The van der Waals surface area contributed by atoms with Crippen LogP contribution in [0.3, 0.4) is 0 Å². The van der Waals surface area contributed by atoms with E-state index in [1.807, 2.05) is 0 Å². The number of benzene rings is 1. The minimum Gasteiger partial charge on any atom is -0.337 e. The van der Waals surface area contributed by atoms with Gasteiger partial charge in [-0.05, 0) is 13.0 Å². The summed E-state index contributed by atoms with van der Waals surface area (Å²) in [7, 11) is 0. The lowest BCUT2D eigenvalue weighted by atomic mass is 10.3. The van der Waals surface area contributed by atoms with E-state index in [0.29, 0.717) is 5.69 Å². The Morgan fingerprint density at radius 1 is 1.39 bits per heavy atom. The van der Waals surface area contributed by atoms with Gasteiger partial charge >= 0.3 is 6.03 Å². The topological polar surface area (TPSA) is 101 Å². The minimum absolute atomic E-state index is 0.0225. The second kappa shape index (κ2) is 6.33. The quantitative estimate of drug-likeness (QED) is 0.614. The van der Waals surface area contributed by atoms with E-state index in [9.17, 15) is 19.7 Å². The third kappa shape index (κ3) is 4.60. The number of nitrogens with one attached hydrogen (secondary N) is 2. The van der Waals surface area contributed by atoms with Crippen LogP contribution >= 0.6 is 0 Å². The predicted octanol–water partition coefficient (Wildman–Crippen LogP) is 1.70. The number of hydrogen-bond acceptors (Lipinski definition) is 4. The van der Waals surface area contributed by atoms with Crippen molar-refractivity contribution in [2.45, 2.75) is 13.3 Å². The number of rotatable bonds is 5. The van der Waals surface area contributed by atoms with Gasteiger partial charge in [-0.3, -0.25) is 14.9 Å². The predicted molar refractivity (Wildman–Crippen MR) is 65.4 cm³/mol. The number of nitro benzene ring substituents is 1. The number of ketones is 1. The van der Waals surface area contributed by atoms with Crippen molar-refractivity contribution in [2.24, 2.45) is 0 Å². The van der Waals surface area contributed by atoms with Gasteiger partial charge in [-0.25, -0.2) is 4.79 Å². The molecule has 0 aliphatic carbocycles. The summed E-state index contributed by atoms with van der Waals surface area (Å²) in [5.41, 5.74) is 0.223. The van der Waals surface area contributed by atoms with Gasteiger partial charge in [-0.2, -0.15) is 0 Å². The van der Waals surface area contributed by atoms with E-state index in [2.05, 4.69) is 10.6 Å². The average Bonchev–Trinajstić information content (AvgIpc) is 2.28. The zero-order valence-electron chi connectivity index (χ0n) is 9.80. The molecule has 7 nitrogen and oxygen atoms in total. The Balaban J connectivity index is 2.51. The van der Waals surface area contributed by atoms with Crippen molar-refractivity contribution in [1.29, 1.82) is 0 Å². The number of carbonyl (C=O) groups is 2. The summed E-state index contributed by atoms with van der Waals surface area (Å²) in [5.74, 6) is -0.0225.